The molecule has 0 fully saturated rings. The lowest BCUT2D eigenvalue weighted by molar-refractivity contribution is -0.137. The first-order valence-corrected chi connectivity index (χ1v) is 9.26. The molecule has 4 aromatic rings. The van der Waals surface area contributed by atoms with Gasteiger partial charge >= 0.3 is 11.9 Å². The minimum atomic E-state index is -4.59. The van der Waals surface area contributed by atoms with Crippen molar-refractivity contribution in [3.63, 3.8) is 0 Å². The van der Waals surface area contributed by atoms with Gasteiger partial charge in [-0.1, -0.05) is 6.07 Å². The van der Waals surface area contributed by atoms with Crippen LogP contribution in [-0.2, 0) is 13.2 Å². The Balaban J connectivity index is 1.91. The van der Waals surface area contributed by atoms with E-state index < -0.39 is 23.0 Å². The smallest absolute Gasteiger partial charge is 0.268 e. The molecule has 0 aliphatic rings. The highest BCUT2D eigenvalue weighted by molar-refractivity contribution is 5.61. The van der Waals surface area contributed by atoms with Crippen molar-refractivity contribution in [2.75, 3.05) is 0 Å². The summed E-state index contributed by atoms with van der Waals surface area (Å²) in [5.41, 5.74) is -0.982. The van der Waals surface area contributed by atoms with Crippen molar-refractivity contribution in [1.82, 2.24) is 18.9 Å². The molecule has 2 aromatic heterocycles. The minimum absolute atomic E-state index is 0.0360. The number of rotatable bonds is 3. The Hall–Kier alpha value is -4.39. The zero-order valence-corrected chi connectivity index (χ0v) is 16.5. The maximum absolute atomic E-state index is 13.2. The molecule has 0 saturated carbocycles. The molecule has 0 N–H and O–H groups in total. The van der Waals surface area contributed by atoms with Crippen LogP contribution in [0.25, 0.3) is 22.6 Å². The maximum atomic E-state index is 13.2. The lowest BCUT2D eigenvalue weighted by Gasteiger charge is -2.14. The van der Waals surface area contributed by atoms with Crippen molar-refractivity contribution in [2.45, 2.75) is 6.18 Å². The van der Waals surface area contributed by atoms with Gasteiger partial charge in [-0.3, -0.25) is 13.9 Å². The predicted octanol–water partition coefficient (Wildman–Crippen LogP) is 3.28. The maximum Gasteiger partial charge on any atom is 0.416 e. The molecule has 2 heterocycles. The second-order valence-corrected chi connectivity index (χ2v) is 6.89. The number of nitriles is 1. The summed E-state index contributed by atoms with van der Waals surface area (Å²) in [5.74, 6) is 0. The number of hydrogen-bond donors (Lipinski definition) is 0. The Kier molecular flexibility index (Phi) is 5.02. The van der Waals surface area contributed by atoms with Gasteiger partial charge in [-0.25, -0.2) is 9.48 Å². The summed E-state index contributed by atoms with van der Waals surface area (Å²) >= 11 is 0. The summed E-state index contributed by atoms with van der Waals surface area (Å²) in [5, 5.41) is 13.2. The fourth-order valence-corrected chi connectivity index (χ4v) is 3.25. The number of hydrogen-bond acceptors (Lipinski definition) is 4. The van der Waals surface area contributed by atoms with Crippen LogP contribution in [-0.4, -0.2) is 18.9 Å². The molecule has 32 heavy (non-hydrogen) atoms. The SMILES string of the molecule is Cn1c(=O)c(-c2ccnn2-c2ccc(C#N)cc2)cn(-c2cccc(C(F)(F)F)c2)c1=O. The molecule has 0 amide bonds. The van der Waals surface area contributed by atoms with Crippen LogP contribution < -0.4 is 11.2 Å². The van der Waals surface area contributed by atoms with Gasteiger partial charge in [-0.05, 0) is 48.5 Å². The van der Waals surface area contributed by atoms with Gasteiger partial charge in [0, 0.05) is 13.2 Å². The normalized spacial score (nSPS) is 11.3. The van der Waals surface area contributed by atoms with E-state index in [1.165, 1.54) is 36.3 Å². The molecule has 0 aliphatic heterocycles. The standard InChI is InChI=1S/C22H14F3N5O2/c1-28-20(31)18(19-9-10-27-30(19)16-7-5-14(12-26)6-8-16)13-29(21(28)32)17-4-2-3-15(11-17)22(23,24)25/h2-11,13H,1H3. The van der Waals surface area contributed by atoms with Gasteiger partial charge in [0.05, 0.1) is 46.0 Å². The molecule has 0 aliphatic carbocycles. The van der Waals surface area contributed by atoms with Crippen LogP contribution in [0.1, 0.15) is 11.1 Å². The summed E-state index contributed by atoms with van der Waals surface area (Å²) in [7, 11) is 1.25. The topological polar surface area (TPSA) is 85.6 Å². The van der Waals surface area contributed by atoms with Gasteiger partial charge in [-0.15, -0.1) is 0 Å². The number of alkyl halides is 3. The largest absolute Gasteiger partial charge is 0.416 e. The lowest BCUT2D eigenvalue weighted by Crippen LogP contribution is -2.38. The van der Waals surface area contributed by atoms with E-state index in [4.69, 9.17) is 5.26 Å². The molecule has 2 aromatic carbocycles. The lowest BCUT2D eigenvalue weighted by atomic mass is 10.1. The first-order chi connectivity index (χ1) is 15.2. The molecule has 4 rings (SSSR count). The summed E-state index contributed by atoms with van der Waals surface area (Å²) in [6, 6.07) is 14.3. The Bertz CT molecular complexity index is 1470. The molecule has 7 nitrogen and oxygen atoms in total. The van der Waals surface area contributed by atoms with E-state index in [1.54, 1.807) is 30.3 Å². The first kappa shape index (κ1) is 20.9. The summed E-state index contributed by atoms with van der Waals surface area (Å²) in [4.78, 5) is 25.6. The zero-order valence-electron chi connectivity index (χ0n) is 16.5. The Morgan fingerprint density at radius 3 is 2.38 bits per heavy atom. The minimum Gasteiger partial charge on any atom is -0.268 e. The number of aromatic nitrogens is 4. The van der Waals surface area contributed by atoms with Crippen LogP contribution in [0.4, 0.5) is 13.2 Å². The first-order valence-electron chi connectivity index (χ1n) is 9.26. The van der Waals surface area contributed by atoms with E-state index in [2.05, 4.69) is 5.10 Å². The van der Waals surface area contributed by atoms with Gasteiger partial charge in [0.2, 0.25) is 0 Å². The van der Waals surface area contributed by atoms with Crippen molar-refractivity contribution in [2.24, 2.45) is 7.05 Å². The van der Waals surface area contributed by atoms with Gasteiger partial charge in [0.15, 0.2) is 0 Å². The molecule has 0 atom stereocenters. The van der Waals surface area contributed by atoms with Crippen molar-refractivity contribution in [3.05, 3.63) is 99.0 Å². The van der Waals surface area contributed by atoms with Crippen LogP contribution in [0, 0.1) is 11.3 Å². The molecule has 0 unspecified atom stereocenters. The van der Waals surface area contributed by atoms with Crippen molar-refractivity contribution in [3.8, 4) is 28.7 Å². The Morgan fingerprint density at radius 1 is 1.00 bits per heavy atom. The molecule has 10 heteroatoms. The van der Waals surface area contributed by atoms with Crippen LogP contribution >= 0.6 is 0 Å². The third-order valence-electron chi connectivity index (χ3n) is 4.90. The van der Waals surface area contributed by atoms with Crippen molar-refractivity contribution < 1.29 is 13.2 Å². The summed E-state index contributed by atoms with van der Waals surface area (Å²) < 4.78 is 42.7. The molecule has 0 spiro atoms. The third-order valence-corrected chi connectivity index (χ3v) is 4.90. The van der Waals surface area contributed by atoms with E-state index in [9.17, 15) is 22.8 Å². The molecule has 160 valence electrons. The van der Waals surface area contributed by atoms with Gasteiger partial charge < -0.3 is 0 Å². The molecular weight excluding hydrogens is 423 g/mol. The molecule has 0 radical (unpaired) electrons. The predicted molar refractivity (Wildman–Crippen MR) is 110 cm³/mol. The van der Waals surface area contributed by atoms with E-state index in [0.717, 1.165) is 21.3 Å². The van der Waals surface area contributed by atoms with Crippen molar-refractivity contribution in [1.29, 1.82) is 5.26 Å². The van der Waals surface area contributed by atoms with Gasteiger partial charge in [0.1, 0.15) is 0 Å². The zero-order chi connectivity index (χ0) is 23.0. The van der Waals surface area contributed by atoms with E-state index >= 15 is 0 Å². The number of benzene rings is 2. The highest BCUT2D eigenvalue weighted by Gasteiger charge is 2.30. The van der Waals surface area contributed by atoms with Gasteiger partial charge in [0.25, 0.3) is 5.56 Å². The highest BCUT2D eigenvalue weighted by atomic mass is 19.4. The quantitative estimate of drug-likeness (QED) is 0.492. The molecule has 0 saturated heterocycles. The average Bonchev–Trinajstić information content (AvgIpc) is 3.27. The van der Waals surface area contributed by atoms with Gasteiger partial charge in [-0.2, -0.15) is 23.5 Å². The second-order valence-electron chi connectivity index (χ2n) is 6.89. The fraction of sp³-hybridized carbons (Fsp3) is 0.0909. The number of nitrogens with zero attached hydrogens (tertiary/aromatic N) is 5. The average molecular weight is 437 g/mol. The molecule has 0 bridgehead atoms. The van der Waals surface area contributed by atoms with Crippen molar-refractivity contribution >= 4 is 0 Å². The van der Waals surface area contributed by atoms with E-state index in [1.807, 2.05) is 6.07 Å². The highest BCUT2D eigenvalue weighted by Crippen LogP contribution is 2.30. The monoisotopic (exact) mass is 437 g/mol. The summed E-state index contributed by atoms with van der Waals surface area (Å²) in [6.07, 6.45) is -1.93. The van der Waals surface area contributed by atoms with E-state index in [0.29, 0.717) is 16.9 Å². The number of halogens is 3. The van der Waals surface area contributed by atoms with Crippen LogP contribution in [0.2, 0.25) is 0 Å². The fourth-order valence-electron chi connectivity index (χ4n) is 3.25. The van der Waals surface area contributed by atoms with Crippen LogP contribution in [0.3, 0.4) is 0 Å². The Labute approximate surface area is 178 Å². The van der Waals surface area contributed by atoms with E-state index in [-0.39, 0.29) is 11.3 Å². The molecular formula is C22H14F3N5O2. The summed E-state index contributed by atoms with van der Waals surface area (Å²) in [6.45, 7) is 0. The third kappa shape index (κ3) is 3.60. The second kappa shape index (κ2) is 7.70. The Morgan fingerprint density at radius 2 is 1.72 bits per heavy atom. The van der Waals surface area contributed by atoms with Crippen LogP contribution in [0.5, 0.6) is 0 Å². The van der Waals surface area contributed by atoms with Crippen LogP contribution in [0.15, 0.2) is 76.6 Å².